The van der Waals surface area contributed by atoms with Gasteiger partial charge in [-0.25, -0.2) is 4.98 Å². The number of aliphatic hydroxyl groups excluding tert-OH is 1. The number of rotatable bonds is 6. The van der Waals surface area contributed by atoms with Crippen molar-refractivity contribution < 1.29 is 14.6 Å². The number of anilines is 2. The van der Waals surface area contributed by atoms with Gasteiger partial charge in [0, 0.05) is 32.4 Å². The van der Waals surface area contributed by atoms with Gasteiger partial charge in [0.2, 0.25) is 5.95 Å². The van der Waals surface area contributed by atoms with E-state index in [1.165, 1.54) is 0 Å². The van der Waals surface area contributed by atoms with Crippen LogP contribution in [0.1, 0.15) is 61.7 Å². The Balaban J connectivity index is 1.71. The third-order valence-corrected chi connectivity index (χ3v) is 5.59. The lowest BCUT2D eigenvalue weighted by atomic mass is 9.93. The Bertz CT molecular complexity index is 634. The fourth-order valence-corrected chi connectivity index (χ4v) is 3.98. The Morgan fingerprint density at radius 2 is 1.93 bits per heavy atom. The Kier molecular flexibility index (Phi) is 6.84. The highest BCUT2D eigenvalue weighted by atomic mass is 16.5. The van der Waals surface area contributed by atoms with E-state index in [2.05, 4.69) is 25.9 Å². The topological polar surface area (TPSA) is 108 Å². The van der Waals surface area contributed by atoms with Crippen molar-refractivity contribution in [3.05, 3.63) is 11.8 Å². The maximum Gasteiger partial charge on any atom is 0.256 e. The van der Waals surface area contributed by atoms with Gasteiger partial charge in [0.1, 0.15) is 11.4 Å². The minimum Gasteiger partial charge on any atom is -0.393 e. The van der Waals surface area contributed by atoms with Crippen molar-refractivity contribution >= 4 is 17.7 Å². The van der Waals surface area contributed by atoms with Crippen LogP contribution < -0.4 is 16.0 Å². The Labute approximate surface area is 160 Å². The lowest BCUT2D eigenvalue weighted by molar-refractivity contribution is 0.0681. The van der Waals surface area contributed by atoms with Gasteiger partial charge in [0.15, 0.2) is 0 Å². The summed E-state index contributed by atoms with van der Waals surface area (Å²) in [4.78, 5) is 21.1. The van der Waals surface area contributed by atoms with Crippen LogP contribution in [0.2, 0.25) is 0 Å². The van der Waals surface area contributed by atoms with Gasteiger partial charge < -0.3 is 25.8 Å². The standard InChI is InChI=1S/C19H31N5O3/c1-20-18(26)16-11-21-19(23-12-6-8-15(27-2)9-7-12)24-17(16)22-13-4-3-5-14(25)10-13/h11-15,25H,3-10H2,1-2H3,(H,20,26)(H2,21,22,23,24)/t12?,13-,14+,15?/m1/s1. The van der Waals surface area contributed by atoms with Crippen molar-refractivity contribution in [2.45, 2.75) is 75.7 Å². The molecule has 0 saturated heterocycles. The average molecular weight is 377 g/mol. The molecule has 1 amide bonds. The first-order valence-corrected chi connectivity index (χ1v) is 9.92. The largest absolute Gasteiger partial charge is 0.393 e. The maximum atomic E-state index is 12.2. The molecule has 1 aromatic heterocycles. The number of carbonyl (C=O) groups excluding carboxylic acids is 1. The number of ether oxygens (including phenoxy) is 1. The van der Waals surface area contributed by atoms with Crippen LogP contribution in [0, 0.1) is 0 Å². The van der Waals surface area contributed by atoms with Crippen LogP contribution >= 0.6 is 0 Å². The number of hydrogen-bond donors (Lipinski definition) is 4. The Hall–Kier alpha value is -1.93. The lowest BCUT2D eigenvalue weighted by Crippen LogP contribution is -2.32. The molecule has 1 heterocycles. The van der Waals surface area contributed by atoms with Gasteiger partial charge in [0.05, 0.1) is 12.2 Å². The SMILES string of the molecule is CNC(=O)c1cnc(NC2CCC(OC)CC2)nc1N[C@@H]1CCC[C@H](O)C1. The zero-order chi connectivity index (χ0) is 19.2. The molecule has 1 aromatic rings. The van der Waals surface area contributed by atoms with E-state index in [4.69, 9.17) is 4.74 Å². The minimum absolute atomic E-state index is 0.108. The van der Waals surface area contributed by atoms with Crippen molar-refractivity contribution in [3.63, 3.8) is 0 Å². The summed E-state index contributed by atoms with van der Waals surface area (Å²) in [6.45, 7) is 0. The van der Waals surface area contributed by atoms with Gasteiger partial charge in [-0.05, 0) is 51.4 Å². The minimum atomic E-state index is -0.296. The van der Waals surface area contributed by atoms with E-state index in [-0.39, 0.29) is 18.1 Å². The van der Waals surface area contributed by atoms with Crippen molar-refractivity contribution in [1.29, 1.82) is 0 Å². The van der Waals surface area contributed by atoms with Crippen LogP contribution in [-0.2, 0) is 4.74 Å². The first-order chi connectivity index (χ1) is 13.1. The molecule has 2 aliphatic carbocycles. The molecule has 8 nitrogen and oxygen atoms in total. The van der Waals surface area contributed by atoms with E-state index in [0.29, 0.717) is 35.9 Å². The summed E-state index contributed by atoms with van der Waals surface area (Å²) in [5.74, 6) is 0.833. The second-order valence-electron chi connectivity index (χ2n) is 7.55. The number of aromatic nitrogens is 2. The second kappa shape index (κ2) is 9.32. The molecule has 2 saturated carbocycles. The molecular weight excluding hydrogens is 346 g/mol. The number of nitrogens with zero attached hydrogens (tertiary/aromatic N) is 2. The highest BCUT2D eigenvalue weighted by Gasteiger charge is 2.24. The van der Waals surface area contributed by atoms with E-state index >= 15 is 0 Å². The molecule has 3 rings (SSSR count). The van der Waals surface area contributed by atoms with Crippen molar-refractivity contribution in [3.8, 4) is 0 Å². The van der Waals surface area contributed by atoms with Crippen LogP contribution in [0.25, 0.3) is 0 Å². The van der Waals surface area contributed by atoms with E-state index < -0.39 is 0 Å². The van der Waals surface area contributed by atoms with Crippen molar-refractivity contribution in [2.75, 3.05) is 24.8 Å². The highest BCUT2D eigenvalue weighted by Crippen LogP contribution is 2.26. The van der Waals surface area contributed by atoms with E-state index in [1.54, 1.807) is 20.4 Å². The fraction of sp³-hybridized carbons (Fsp3) is 0.737. The molecule has 4 N–H and O–H groups in total. The molecule has 0 aromatic carbocycles. The zero-order valence-corrected chi connectivity index (χ0v) is 16.2. The summed E-state index contributed by atoms with van der Waals surface area (Å²) in [7, 11) is 3.36. The number of aliphatic hydroxyl groups is 1. The number of carbonyl (C=O) groups is 1. The van der Waals surface area contributed by atoms with Crippen LogP contribution in [0.4, 0.5) is 11.8 Å². The van der Waals surface area contributed by atoms with Gasteiger partial charge >= 0.3 is 0 Å². The van der Waals surface area contributed by atoms with Gasteiger partial charge in [0.25, 0.3) is 5.91 Å². The van der Waals surface area contributed by atoms with Gasteiger partial charge in [-0.3, -0.25) is 4.79 Å². The number of methoxy groups -OCH3 is 1. The van der Waals surface area contributed by atoms with Crippen LogP contribution in [-0.4, -0.2) is 59.4 Å². The first kappa shape index (κ1) is 19.8. The summed E-state index contributed by atoms with van der Waals surface area (Å²) in [6.07, 6.45) is 9.10. The van der Waals surface area contributed by atoms with Crippen molar-refractivity contribution in [2.24, 2.45) is 0 Å². The molecular formula is C19H31N5O3. The Morgan fingerprint density at radius 1 is 1.15 bits per heavy atom. The normalized spacial score (nSPS) is 28.4. The first-order valence-electron chi connectivity index (χ1n) is 9.92. The summed E-state index contributed by atoms with van der Waals surface area (Å²) in [5, 5.41) is 19.3. The molecule has 0 radical (unpaired) electrons. The highest BCUT2D eigenvalue weighted by molar-refractivity contribution is 5.98. The third kappa shape index (κ3) is 5.29. The molecule has 0 spiro atoms. The van der Waals surface area contributed by atoms with E-state index in [0.717, 1.165) is 44.9 Å². The smallest absolute Gasteiger partial charge is 0.256 e. The van der Waals surface area contributed by atoms with Crippen LogP contribution in [0.5, 0.6) is 0 Å². The van der Waals surface area contributed by atoms with Crippen molar-refractivity contribution in [1.82, 2.24) is 15.3 Å². The zero-order valence-electron chi connectivity index (χ0n) is 16.2. The predicted molar refractivity (Wildman–Crippen MR) is 104 cm³/mol. The van der Waals surface area contributed by atoms with E-state index in [1.807, 2.05) is 0 Å². The fourth-order valence-electron chi connectivity index (χ4n) is 3.98. The molecule has 0 bridgehead atoms. The molecule has 2 fully saturated rings. The average Bonchev–Trinajstić information content (AvgIpc) is 2.68. The summed E-state index contributed by atoms with van der Waals surface area (Å²) >= 11 is 0. The molecule has 8 heteroatoms. The molecule has 0 unspecified atom stereocenters. The molecule has 27 heavy (non-hydrogen) atoms. The monoisotopic (exact) mass is 377 g/mol. The van der Waals surface area contributed by atoms with Gasteiger partial charge in [-0.15, -0.1) is 0 Å². The van der Waals surface area contributed by atoms with E-state index in [9.17, 15) is 9.90 Å². The number of amides is 1. The summed E-state index contributed by atoms with van der Waals surface area (Å²) in [5.41, 5.74) is 0.422. The molecule has 150 valence electrons. The summed E-state index contributed by atoms with van der Waals surface area (Å²) < 4.78 is 5.42. The number of nitrogens with one attached hydrogen (secondary N) is 3. The lowest BCUT2D eigenvalue weighted by Gasteiger charge is -2.29. The number of hydrogen-bond acceptors (Lipinski definition) is 7. The summed E-state index contributed by atoms with van der Waals surface area (Å²) in [6, 6.07) is 0.420. The quantitative estimate of drug-likeness (QED) is 0.600. The Morgan fingerprint density at radius 3 is 2.59 bits per heavy atom. The van der Waals surface area contributed by atoms with Crippen LogP contribution in [0.3, 0.4) is 0 Å². The van der Waals surface area contributed by atoms with Gasteiger partial charge in [-0.1, -0.05) is 0 Å². The molecule has 2 atom stereocenters. The molecule has 2 aliphatic rings. The second-order valence-corrected chi connectivity index (χ2v) is 7.55. The molecule has 0 aliphatic heterocycles. The van der Waals surface area contributed by atoms with Crippen LogP contribution in [0.15, 0.2) is 6.20 Å². The predicted octanol–water partition coefficient (Wildman–Crippen LogP) is 1.92. The maximum absolute atomic E-state index is 12.2. The van der Waals surface area contributed by atoms with Gasteiger partial charge in [-0.2, -0.15) is 4.98 Å². The third-order valence-electron chi connectivity index (χ3n) is 5.59.